The zero-order valence-corrected chi connectivity index (χ0v) is 11.8. The maximum atomic E-state index is 5.83. The highest BCUT2D eigenvalue weighted by Crippen LogP contribution is 2.35. The maximum absolute atomic E-state index is 5.83. The molecule has 0 radical (unpaired) electrons. The minimum absolute atomic E-state index is 0.691. The van der Waals surface area contributed by atoms with Gasteiger partial charge in [0, 0.05) is 16.3 Å². The average molecular weight is 269 g/mol. The first-order valence-corrected chi connectivity index (χ1v) is 7.87. The number of rotatable bonds is 3. The Morgan fingerprint density at radius 3 is 2.89 bits per heavy atom. The molecule has 3 rings (SSSR count). The normalized spacial score (nSPS) is 18.0. The third-order valence-corrected chi connectivity index (χ3v) is 4.96. The fourth-order valence-electron chi connectivity index (χ4n) is 2.83. The molecule has 2 aromatic carbocycles. The summed E-state index contributed by atoms with van der Waals surface area (Å²) in [5, 5.41) is 0. The Morgan fingerprint density at radius 1 is 1.11 bits per heavy atom. The van der Waals surface area contributed by atoms with Crippen molar-refractivity contribution in [2.75, 3.05) is 11.5 Å². The van der Waals surface area contributed by atoms with E-state index in [1.54, 1.807) is 11.1 Å². The van der Waals surface area contributed by atoms with Crippen molar-refractivity contribution in [2.24, 2.45) is 0 Å². The Kier molecular flexibility index (Phi) is 3.79. The molecule has 1 aliphatic carbocycles. The predicted molar refractivity (Wildman–Crippen MR) is 83.7 cm³/mol. The van der Waals surface area contributed by atoms with Gasteiger partial charge in [-0.15, -0.1) is 11.8 Å². The lowest BCUT2D eigenvalue weighted by Gasteiger charge is -2.25. The molecule has 0 bridgehead atoms. The van der Waals surface area contributed by atoms with Crippen LogP contribution in [0.4, 0.5) is 5.69 Å². The standard InChI is InChI=1S/C17H19NS/c18-15-8-4-9-16(11-15)19-12-14-7-3-6-13-5-1-2-10-17(13)14/h1-2,4-5,8-11,14H,3,6-7,12,18H2. The molecular weight excluding hydrogens is 250 g/mol. The summed E-state index contributed by atoms with van der Waals surface area (Å²) in [6, 6.07) is 17.1. The molecule has 0 fully saturated rings. The van der Waals surface area contributed by atoms with Crippen LogP contribution in [-0.2, 0) is 6.42 Å². The molecule has 0 amide bonds. The zero-order valence-electron chi connectivity index (χ0n) is 11.0. The highest BCUT2D eigenvalue weighted by Gasteiger charge is 2.19. The van der Waals surface area contributed by atoms with Crippen molar-refractivity contribution < 1.29 is 0 Å². The molecule has 1 aliphatic rings. The van der Waals surface area contributed by atoms with Gasteiger partial charge in [0.15, 0.2) is 0 Å². The van der Waals surface area contributed by atoms with Gasteiger partial charge in [0.05, 0.1) is 0 Å². The van der Waals surface area contributed by atoms with Crippen LogP contribution >= 0.6 is 11.8 Å². The van der Waals surface area contributed by atoms with E-state index in [1.165, 1.54) is 24.2 Å². The van der Waals surface area contributed by atoms with Crippen molar-refractivity contribution in [3.05, 3.63) is 59.7 Å². The molecule has 2 aromatic rings. The first-order chi connectivity index (χ1) is 9.33. The number of anilines is 1. The van der Waals surface area contributed by atoms with Gasteiger partial charge < -0.3 is 5.73 Å². The fraction of sp³-hybridized carbons (Fsp3) is 0.294. The molecule has 0 saturated heterocycles. The van der Waals surface area contributed by atoms with Crippen LogP contribution in [0.1, 0.15) is 29.9 Å². The van der Waals surface area contributed by atoms with E-state index in [0.29, 0.717) is 5.92 Å². The second-order valence-corrected chi connectivity index (χ2v) is 6.26. The second kappa shape index (κ2) is 5.70. The predicted octanol–water partition coefficient (Wildman–Crippen LogP) is 4.48. The van der Waals surface area contributed by atoms with E-state index in [0.717, 1.165) is 11.4 Å². The lowest BCUT2D eigenvalue weighted by Crippen LogP contribution is -2.11. The number of hydrogen-bond acceptors (Lipinski definition) is 2. The zero-order chi connectivity index (χ0) is 13.1. The van der Waals surface area contributed by atoms with Gasteiger partial charge >= 0.3 is 0 Å². The molecule has 2 heteroatoms. The topological polar surface area (TPSA) is 26.0 Å². The summed E-state index contributed by atoms with van der Waals surface area (Å²) < 4.78 is 0. The van der Waals surface area contributed by atoms with Crippen LogP contribution in [0.3, 0.4) is 0 Å². The second-order valence-electron chi connectivity index (χ2n) is 5.17. The Bertz CT molecular complexity index is 565. The van der Waals surface area contributed by atoms with Crippen LogP contribution in [0.2, 0.25) is 0 Å². The Morgan fingerprint density at radius 2 is 2.00 bits per heavy atom. The van der Waals surface area contributed by atoms with Gasteiger partial charge in [-0.3, -0.25) is 0 Å². The minimum atomic E-state index is 0.691. The van der Waals surface area contributed by atoms with Gasteiger partial charge in [-0.1, -0.05) is 30.3 Å². The first kappa shape index (κ1) is 12.6. The summed E-state index contributed by atoms with van der Waals surface area (Å²) in [6.07, 6.45) is 3.88. The minimum Gasteiger partial charge on any atom is -0.399 e. The number of thioether (sulfide) groups is 1. The van der Waals surface area contributed by atoms with Crippen molar-refractivity contribution in [3.8, 4) is 0 Å². The van der Waals surface area contributed by atoms with E-state index in [9.17, 15) is 0 Å². The molecule has 1 nitrogen and oxygen atoms in total. The van der Waals surface area contributed by atoms with E-state index in [2.05, 4.69) is 36.4 Å². The SMILES string of the molecule is Nc1cccc(SCC2CCCc3ccccc32)c1. The van der Waals surface area contributed by atoms with Crippen molar-refractivity contribution in [2.45, 2.75) is 30.1 Å². The monoisotopic (exact) mass is 269 g/mol. The molecule has 0 aliphatic heterocycles. The maximum Gasteiger partial charge on any atom is 0.0325 e. The molecule has 0 heterocycles. The first-order valence-electron chi connectivity index (χ1n) is 6.89. The summed E-state index contributed by atoms with van der Waals surface area (Å²) >= 11 is 1.92. The quantitative estimate of drug-likeness (QED) is 0.656. The highest BCUT2D eigenvalue weighted by atomic mass is 32.2. The van der Waals surface area contributed by atoms with Gasteiger partial charge in [-0.25, -0.2) is 0 Å². The van der Waals surface area contributed by atoms with Gasteiger partial charge in [-0.2, -0.15) is 0 Å². The number of nitrogens with two attached hydrogens (primary N) is 1. The number of fused-ring (bicyclic) bond motifs is 1. The molecule has 1 atom stereocenters. The van der Waals surface area contributed by atoms with Gasteiger partial charge in [0.2, 0.25) is 0 Å². The van der Waals surface area contributed by atoms with Gasteiger partial charge in [0.1, 0.15) is 0 Å². The van der Waals surface area contributed by atoms with Crippen molar-refractivity contribution in [1.82, 2.24) is 0 Å². The number of aryl methyl sites for hydroxylation is 1. The molecule has 0 spiro atoms. The summed E-state index contributed by atoms with van der Waals surface area (Å²) in [7, 11) is 0. The summed E-state index contributed by atoms with van der Waals surface area (Å²) in [5.41, 5.74) is 9.79. The van der Waals surface area contributed by atoms with Crippen molar-refractivity contribution in [3.63, 3.8) is 0 Å². The molecule has 0 saturated carbocycles. The lowest BCUT2D eigenvalue weighted by molar-refractivity contribution is 0.596. The summed E-state index contributed by atoms with van der Waals surface area (Å²) in [5.74, 6) is 1.84. The molecule has 98 valence electrons. The van der Waals surface area contributed by atoms with E-state index in [-0.39, 0.29) is 0 Å². The Balaban J connectivity index is 1.71. The Labute approximate surface area is 119 Å². The summed E-state index contributed by atoms with van der Waals surface area (Å²) in [4.78, 5) is 1.28. The molecule has 2 N–H and O–H groups in total. The van der Waals surface area contributed by atoms with E-state index < -0.39 is 0 Å². The van der Waals surface area contributed by atoms with E-state index in [1.807, 2.05) is 23.9 Å². The van der Waals surface area contributed by atoms with Crippen LogP contribution < -0.4 is 5.73 Å². The van der Waals surface area contributed by atoms with Crippen LogP contribution in [0, 0.1) is 0 Å². The van der Waals surface area contributed by atoms with Crippen LogP contribution in [0.25, 0.3) is 0 Å². The smallest absolute Gasteiger partial charge is 0.0325 e. The molecule has 0 aromatic heterocycles. The molecular formula is C17H19NS. The summed E-state index contributed by atoms with van der Waals surface area (Å²) in [6.45, 7) is 0. The highest BCUT2D eigenvalue weighted by molar-refractivity contribution is 7.99. The lowest BCUT2D eigenvalue weighted by atomic mass is 9.84. The Hall–Kier alpha value is -1.41. The van der Waals surface area contributed by atoms with Crippen molar-refractivity contribution in [1.29, 1.82) is 0 Å². The third-order valence-electron chi connectivity index (χ3n) is 3.80. The molecule has 1 unspecified atom stereocenters. The average Bonchev–Trinajstić information content (AvgIpc) is 2.45. The van der Waals surface area contributed by atoms with Crippen LogP contribution in [0.15, 0.2) is 53.4 Å². The fourth-order valence-corrected chi connectivity index (χ4v) is 3.96. The number of nitrogen functional groups attached to an aromatic ring is 1. The third kappa shape index (κ3) is 2.95. The number of hydrogen-bond donors (Lipinski definition) is 1. The largest absolute Gasteiger partial charge is 0.399 e. The van der Waals surface area contributed by atoms with Gasteiger partial charge in [0.25, 0.3) is 0 Å². The van der Waals surface area contributed by atoms with Crippen molar-refractivity contribution >= 4 is 17.4 Å². The van der Waals surface area contributed by atoms with E-state index >= 15 is 0 Å². The molecule has 19 heavy (non-hydrogen) atoms. The van der Waals surface area contributed by atoms with Crippen LogP contribution in [-0.4, -0.2) is 5.75 Å². The van der Waals surface area contributed by atoms with Gasteiger partial charge in [-0.05, 0) is 54.5 Å². The number of benzene rings is 2. The van der Waals surface area contributed by atoms with Crippen LogP contribution in [0.5, 0.6) is 0 Å². The van der Waals surface area contributed by atoms with E-state index in [4.69, 9.17) is 5.73 Å².